The third kappa shape index (κ3) is 42.5. The standard InChI is InChI=1S/C52H99NO4/c1-3-5-7-9-11-13-15-17-19-20-21-22-23-24-25-26-27-28-29-30-31-32-33-35-37-39-41-43-45-47-51(56)52(57)53-49(48-54)50(55)46-44-42-40-38-36-34-18-16-14-12-10-8-6-4-2/h14,16,36,38,44,46,49-51,54-56H,3-13,15,17-35,37,39-43,45,47-48H2,1-2H3,(H,53,57)/b16-14+,38-36+,46-44+. The zero-order valence-electron chi connectivity index (χ0n) is 38.2. The predicted octanol–water partition coefficient (Wildman–Crippen LogP) is 15.1. The van der Waals surface area contributed by atoms with Crippen molar-refractivity contribution in [3.05, 3.63) is 36.5 Å². The van der Waals surface area contributed by atoms with Gasteiger partial charge in [-0.25, -0.2) is 0 Å². The number of allylic oxidation sites excluding steroid dienone is 5. The van der Waals surface area contributed by atoms with Crippen molar-refractivity contribution in [2.24, 2.45) is 0 Å². The number of carbonyl (C=O) groups is 1. The van der Waals surface area contributed by atoms with Gasteiger partial charge in [-0.1, -0.05) is 256 Å². The fourth-order valence-corrected chi connectivity index (χ4v) is 7.75. The maximum Gasteiger partial charge on any atom is 0.249 e. The lowest BCUT2D eigenvalue weighted by atomic mass is 10.0. The average Bonchev–Trinajstić information content (AvgIpc) is 3.22. The van der Waals surface area contributed by atoms with Gasteiger partial charge in [0.1, 0.15) is 6.10 Å². The third-order valence-electron chi connectivity index (χ3n) is 11.7. The van der Waals surface area contributed by atoms with Gasteiger partial charge in [-0.2, -0.15) is 0 Å². The largest absolute Gasteiger partial charge is 0.394 e. The van der Waals surface area contributed by atoms with Crippen molar-refractivity contribution < 1.29 is 20.1 Å². The second-order valence-electron chi connectivity index (χ2n) is 17.4. The quantitative estimate of drug-likeness (QED) is 0.0365. The van der Waals surface area contributed by atoms with E-state index in [1.165, 1.54) is 199 Å². The van der Waals surface area contributed by atoms with Gasteiger partial charge in [0.25, 0.3) is 0 Å². The van der Waals surface area contributed by atoms with E-state index in [1.54, 1.807) is 6.08 Å². The Labute approximate surface area is 355 Å². The van der Waals surface area contributed by atoms with E-state index in [-0.39, 0.29) is 6.61 Å². The Morgan fingerprint density at radius 3 is 1.07 bits per heavy atom. The van der Waals surface area contributed by atoms with Crippen LogP contribution in [0.2, 0.25) is 0 Å². The minimum absolute atomic E-state index is 0.379. The molecule has 0 saturated carbocycles. The van der Waals surface area contributed by atoms with Crippen LogP contribution in [0.4, 0.5) is 0 Å². The van der Waals surface area contributed by atoms with Crippen LogP contribution in [0.15, 0.2) is 36.5 Å². The highest BCUT2D eigenvalue weighted by Crippen LogP contribution is 2.17. The number of rotatable bonds is 46. The second kappa shape index (κ2) is 47.3. The van der Waals surface area contributed by atoms with Crippen LogP contribution in [-0.4, -0.2) is 46.1 Å². The summed E-state index contributed by atoms with van der Waals surface area (Å²) in [7, 11) is 0. The van der Waals surface area contributed by atoms with Gasteiger partial charge in [-0.3, -0.25) is 4.79 Å². The molecule has 57 heavy (non-hydrogen) atoms. The summed E-state index contributed by atoms with van der Waals surface area (Å²) in [6.45, 7) is 4.16. The van der Waals surface area contributed by atoms with Crippen LogP contribution in [0.3, 0.4) is 0 Å². The van der Waals surface area contributed by atoms with E-state index in [9.17, 15) is 20.1 Å². The Morgan fingerprint density at radius 2 is 0.719 bits per heavy atom. The first-order valence-electron chi connectivity index (χ1n) is 25.3. The van der Waals surface area contributed by atoms with Crippen LogP contribution in [0.1, 0.15) is 264 Å². The van der Waals surface area contributed by atoms with Gasteiger partial charge in [0, 0.05) is 0 Å². The van der Waals surface area contributed by atoms with Gasteiger partial charge >= 0.3 is 0 Å². The van der Waals surface area contributed by atoms with Gasteiger partial charge in [-0.05, 0) is 44.9 Å². The number of carbonyl (C=O) groups excluding carboxylic acids is 1. The molecule has 0 fully saturated rings. The van der Waals surface area contributed by atoms with E-state index < -0.39 is 24.2 Å². The minimum Gasteiger partial charge on any atom is -0.394 e. The predicted molar refractivity (Wildman–Crippen MR) is 250 cm³/mol. The number of nitrogens with one attached hydrogen (secondary N) is 1. The van der Waals surface area contributed by atoms with Crippen LogP contribution < -0.4 is 5.32 Å². The summed E-state index contributed by atoms with van der Waals surface area (Å²) in [5.74, 6) is -0.514. The molecule has 0 aliphatic heterocycles. The molecule has 0 aromatic rings. The highest BCUT2D eigenvalue weighted by atomic mass is 16.3. The highest BCUT2D eigenvalue weighted by Gasteiger charge is 2.22. The van der Waals surface area contributed by atoms with Gasteiger partial charge in [-0.15, -0.1) is 0 Å². The molecule has 0 aliphatic rings. The zero-order chi connectivity index (χ0) is 41.5. The SMILES string of the molecule is CCCCCC/C=C/CC/C=C/CC/C=C/C(O)C(CO)NC(=O)C(O)CCCCCCCCCCCCCCCCCCCCCCCCCCCCCCC. The molecule has 0 spiro atoms. The van der Waals surface area contributed by atoms with Crippen LogP contribution in [0.5, 0.6) is 0 Å². The van der Waals surface area contributed by atoms with Crippen molar-refractivity contribution in [3.63, 3.8) is 0 Å². The average molecular weight is 802 g/mol. The van der Waals surface area contributed by atoms with E-state index in [0.717, 1.165) is 44.9 Å². The van der Waals surface area contributed by atoms with E-state index in [4.69, 9.17) is 0 Å². The number of aliphatic hydroxyl groups is 3. The molecule has 0 aromatic heterocycles. The first-order valence-corrected chi connectivity index (χ1v) is 25.3. The number of amides is 1. The Hall–Kier alpha value is -1.43. The van der Waals surface area contributed by atoms with E-state index in [1.807, 2.05) is 6.08 Å². The maximum atomic E-state index is 12.5. The molecule has 0 radical (unpaired) electrons. The van der Waals surface area contributed by atoms with Crippen molar-refractivity contribution in [1.29, 1.82) is 0 Å². The van der Waals surface area contributed by atoms with E-state index in [0.29, 0.717) is 6.42 Å². The minimum atomic E-state index is -1.11. The molecule has 0 bridgehead atoms. The van der Waals surface area contributed by atoms with Crippen molar-refractivity contribution >= 4 is 5.91 Å². The van der Waals surface area contributed by atoms with E-state index in [2.05, 4.69) is 43.5 Å². The molecule has 4 N–H and O–H groups in total. The zero-order valence-corrected chi connectivity index (χ0v) is 38.2. The summed E-state index contributed by atoms with van der Waals surface area (Å²) in [6, 6.07) is -0.818. The van der Waals surface area contributed by atoms with Crippen molar-refractivity contribution in [1.82, 2.24) is 5.32 Å². The van der Waals surface area contributed by atoms with Gasteiger partial charge in [0.2, 0.25) is 5.91 Å². The number of unbranched alkanes of at least 4 members (excludes halogenated alkanes) is 34. The summed E-state index contributed by atoms with van der Waals surface area (Å²) in [5, 5.41) is 33.2. The monoisotopic (exact) mass is 802 g/mol. The maximum absolute atomic E-state index is 12.5. The molecule has 5 nitrogen and oxygen atoms in total. The molecule has 3 atom stereocenters. The van der Waals surface area contributed by atoms with Crippen LogP contribution in [0, 0.1) is 0 Å². The summed E-state index contributed by atoms with van der Waals surface area (Å²) >= 11 is 0. The fraction of sp³-hybridized carbons (Fsp3) is 0.865. The topological polar surface area (TPSA) is 89.8 Å². The summed E-state index contributed by atoms with van der Waals surface area (Å²) < 4.78 is 0. The number of hydrogen-bond acceptors (Lipinski definition) is 4. The second-order valence-corrected chi connectivity index (χ2v) is 17.4. The number of hydrogen-bond donors (Lipinski definition) is 4. The molecule has 0 rings (SSSR count). The Balaban J connectivity index is 3.55. The normalized spacial score (nSPS) is 13.7. The molecular formula is C52H99NO4. The lowest BCUT2D eigenvalue weighted by molar-refractivity contribution is -0.131. The van der Waals surface area contributed by atoms with Gasteiger partial charge in [0.15, 0.2) is 0 Å². The van der Waals surface area contributed by atoms with Gasteiger partial charge in [0.05, 0.1) is 18.8 Å². The highest BCUT2D eigenvalue weighted by molar-refractivity contribution is 5.80. The summed E-state index contributed by atoms with van der Waals surface area (Å²) in [4.78, 5) is 12.5. The Morgan fingerprint density at radius 1 is 0.421 bits per heavy atom. The third-order valence-corrected chi connectivity index (χ3v) is 11.7. The van der Waals surface area contributed by atoms with Crippen LogP contribution in [-0.2, 0) is 4.79 Å². The lowest BCUT2D eigenvalue weighted by Crippen LogP contribution is -2.48. The first-order chi connectivity index (χ1) is 28.1. The van der Waals surface area contributed by atoms with Crippen LogP contribution in [0.25, 0.3) is 0 Å². The molecule has 336 valence electrons. The molecule has 5 heteroatoms. The van der Waals surface area contributed by atoms with E-state index >= 15 is 0 Å². The molecule has 1 amide bonds. The summed E-state index contributed by atoms with van der Waals surface area (Å²) in [6.07, 6.45) is 60.7. The first kappa shape index (κ1) is 55.6. The molecule has 0 aliphatic carbocycles. The Bertz CT molecular complexity index is 885. The smallest absolute Gasteiger partial charge is 0.249 e. The molecule has 0 saturated heterocycles. The van der Waals surface area contributed by atoms with Crippen LogP contribution >= 0.6 is 0 Å². The molecule has 0 heterocycles. The van der Waals surface area contributed by atoms with Crippen molar-refractivity contribution in [2.45, 2.75) is 283 Å². The van der Waals surface area contributed by atoms with Crippen molar-refractivity contribution in [3.8, 4) is 0 Å². The lowest BCUT2D eigenvalue weighted by Gasteiger charge is -2.21. The van der Waals surface area contributed by atoms with Crippen molar-refractivity contribution in [2.75, 3.05) is 6.61 Å². The number of aliphatic hydroxyl groups excluding tert-OH is 3. The van der Waals surface area contributed by atoms with Gasteiger partial charge < -0.3 is 20.6 Å². The molecular weight excluding hydrogens is 703 g/mol. The molecule has 3 unspecified atom stereocenters. The summed E-state index contributed by atoms with van der Waals surface area (Å²) in [5.41, 5.74) is 0. The fourth-order valence-electron chi connectivity index (χ4n) is 7.75. The Kier molecular flexibility index (Phi) is 46.1. The molecule has 0 aromatic carbocycles.